The molecule has 12 atom stereocenters. The van der Waals surface area contributed by atoms with Crippen LogP contribution in [0.25, 0.3) is 0 Å². The van der Waals surface area contributed by atoms with E-state index in [4.69, 9.17) is 19.9 Å². The lowest BCUT2D eigenvalue weighted by Gasteiger charge is -2.41. The Kier molecular flexibility index (Phi) is 28.9. The number of urea groups is 1. The minimum absolute atomic E-state index is 0.0813. The van der Waals surface area contributed by atoms with Crippen molar-refractivity contribution in [2.24, 2.45) is 35.3 Å². The second kappa shape index (κ2) is 34.1. The molecule has 23 heteroatoms. The fourth-order valence-corrected chi connectivity index (χ4v) is 10.7. The Morgan fingerprint density at radius 2 is 1.37 bits per heavy atom. The molecule has 3 rings (SSSR count). The van der Waals surface area contributed by atoms with Gasteiger partial charge in [0, 0.05) is 54.0 Å². The number of nitrogens with zero attached hydrogens (tertiary/aromatic N) is 3. The van der Waals surface area contributed by atoms with Crippen molar-refractivity contribution in [3.8, 4) is 0 Å². The average molecular weight is 1170 g/mol. The van der Waals surface area contributed by atoms with Crippen LogP contribution in [0.15, 0.2) is 54.6 Å². The molecule has 83 heavy (non-hydrogen) atoms. The number of primary amides is 1. The fraction of sp³-hybridized carbons (Fsp3) is 0.650. The van der Waals surface area contributed by atoms with Crippen molar-refractivity contribution in [3.63, 3.8) is 0 Å². The van der Waals surface area contributed by atoms with Crippen LogP contribution in [0.3, 0.4) is 0 Å². The first-order chi connectivity index (χ1) is 39.1. The van der Waals surface area contributed by atoms with Gasteiger partial charge in [-0.1, -0.05) is 111 Å². The molecule has 464 valence electrons. The van der Waals surface area contributed by atoms with Gasteiger partial charge in [0.05, 0.1) is 48.8 Å². The van der Waals surface area contributed by atoms with Crippen LogP contribution in [0.1, 0.15) is 132 Å². The molecule has 0 aromatic heterocycles. The standard InChI is InChI=1S/C60H96N10O13/c1-16-37(8)51(46(81-14)32-47(72)70-31-21-25-45(70)53(82-15)38(9)54(74)63-39(10)52(73)42-22-18-17-19-23-42)68(12)58(78)49(35(4)5)67-57(77)50(36(6)7)69(13)60(80)83-33-41-26-28-43(29-27-41)65-55(75)44(24-20-30-62-59(61)79)66-56(76)48(34(2)3)64-40(11)71/h17-19,22-23,26-29,34-39,44-46,48-53,73H,16,20-21,24-25,30-33H2,1-15H3,(H,63,74)(H,64,71)(H,65,75)(H,66,76)(H,67,77)(H3,61,62,79)/t37-,38+,39+,44+,45-,46+,48+,49-,50-,51-,52+,53+/m0/s1. The maximum Gasteiger partial charge on any atom is 0.410 e. The molecule has 0 unspecified atom stereocenters. The summed E-state index contributed by atoms with van der Waals surface area (Å²) in [5.41, 5.74) is 6.77. The van der Waals surface area contributed by atoms with E-state index in [-0.39, 0.29) is 49.6 Å². The highest BCUT2D eigenvalue weighted by Crippen LogP contribution is 2.30. The maximum absolute atomic E-state index is 14.7. The minimum Gasteiger partial charge on any atom is -0.445 e. The number of hydrogen-bond donors (Lipinski definition) is 8. The summed E-state index contributed by atoms with van der Waals surface area (Å²) in [6.45, 7) is 19.8. The summed E-state index contributed by atoms with van der Waals surface area (Å²) in [6.07, 6.45) is -0.892. The van der Waals surface area contributed by atoms with Gasteiger partial charge in [0.1, 0.15) is 30.8 Å². The molecule has 0 bridgehead atoms. The summed E-state index contributed by atoms with van der Waals surface area (Å²) in [6, 6.07) is 9.08. The summed E-state index contributed by atoms with van der Waals surface area (Å²) in [7, 11) is 6.10. The molecule has 1 aliphatic heterocycles. The number of aliphatic hydroxyl groups excluding tert-OH is 1. The number of ether oxygens (including phenoxy) is 3. The van der Waals surface area contributed by atoms with Gasteiger partial charge >= 0.3 is 12.1 Å². The van der Waals surface area contributed by atoms with Crippen LogP contribution in [0.5, 0.6) is 0 Å². The van der Waals surface area contributed by atoms with E-state index in [1.807, 2.05) is 32.0 Å². The number of aliphatic hydroxyl groups is 1. The predicted molar refractivity (Wildman–Crippen MR) is 315 cm³/mol. The van der Waals surface area contributed by atoms with Gasteiger partial charge in [0.2, 0.25) is 41.4 Å². The number of carbonyl (C=O) groups is 9. The van der Waals surface area contributed by atoms with E-state index in [1.54, 1.807) is 109 Å². The van der Waals surface area contributed by atoms with E-state index in [0.29, 0.717) is 49.0 Å². The number of likely N-dealkylation sites (N-methyl/N-ethyl adjacent to an activating group) is 2. The topological polar surface area (TPSA) is 309 Å². The zero-order chi connectivity index (χ0) is 62.4. The number of hydrogen-bond acceptors (Lipinski definition) is 13. The first kappa shape index (κ1) is 70.4. The van der Waals surface area contributed by atoms with E-state index in [9.17, 15) is 48.3 Å². The second-order valence-corrected chi connectivity index (χ2v) is 22.9. The highest BCUT2D eigenvalue weighted by atomic mass is 16.6. The number of anilines is 1. The normalized spacial score (nSPS) is 17.3. The molecule has 1 saturated heterocycles. The van der Waals surface area contributed by atoms with E-state index in [0.717, 1.165) is 0 Å². The number of likely N-dealkylation sites (tertiary alicyclic amines) is 1. The van der Waals surface area contributed by atoms with Crippen molar-refractivity contribution >= 4 is 59.2 Å². The van der Waals surface area contributed by atoms with E-state index in [2.05, 4.69) is 31.9 Å². The van der Waals surface area contributed by atoms with Gasteiger partial charge in [0.25, 0.3) is 0 Å². The number of rotatable bonds is 32. The number of carbonyl (C=O) groups excluding carboxylic acids is 9. The lowest BCUT2D eigenvalue weighted by molar-refractivity contribution is -0.148. The first-order valence-corrected chi connectivity index (χ1v) is 29.0. The van der Waals surface area contributed by atoms with E-state index >= 15 is 0 Å². The van der Waals surface area contributed by atoms with Crippen LogP contribution in [0, 0.1) is 29.6 Å². The third-order valence-corrected chi connectivity index (χ3v) is 15.6. The smallest absolute Gasteiger partial charge is 0.410 e. The Morgan fingerprint density at radius 3 is 1.92 bits per heavy atom. The van der Waals surface area contributed by atoms with Crippen molar-refractivity contribution in [2.75, 3.05) is 46.7 Å². The van der Waals surface area contributed by atoms with E-state index < -0.39 is 120 Å². The number of nitrogens with one attached hydrogen (secondary N) is 6. The third-order valence-electron chi connectivity index (χ3n) is 15.6. The van der Waals surface area contributed by atoms with Crippen LogP contribution in [-0.4, -0.2) is 169 Å². The molecule has 1 fully saturated rings. The molecular formula is C60H96N10O13. The molecule has 2 aromatic rings. The molecule has 10 amide bonds. The van der Waals surface area contributed by atoms with Gasteiger partial charge in [0.15, 0.2) is 0 Å². The van der Waals surface area contributed by atoms with Crippen molar-refractivity contribution < 1.29 is 62.5 Å². The molecule has 1 heterocycles. The monoisotopic (exact) mass is 1160 g/mol. The quantitative estimate of drug-likeness (QED) is 0.0465. The Labute approximate surface area is 491 Å². The predicted octanol–water partition coefficient (Wildman–Crippen LogP) is 4.61. The van der Waals surface area contributed by atoms with Gasteiger partial charge in [-0.25, -0.2) is 9.59 Å². The Balaban J connectivity index is 1.71. The van der Waals surface area contributed by atoms with Crippen molar-refractivity contribution in [2.45, 2.75) is 182 Å². The maximum atomic E-state index is 14.7. The SMILES string of the molecule is CC[C@H](C)[C@@H]([C@@H](CC(=O)N1CCC[C@H]1[C@H](OC)[C@@H](C)C(=O)N[C@H](C)[C@@H](O)c1ccccc1)OC)N(C)C(=O)[C@@H](NC(=O)[C@H](C(C)C)N(C)C(=O)OCc1ccc(NC(=O)[C@@H](CCCNC(N)=O)NC(=O)[C@H](NC(C)=O)C(C)C)cc1)C(C)C. The summed E-state index contributed by atoms with van der Waals surface area (Å²) in [5.74, 6) is -5.01. The molecule has 1 aliphatic rings. The fourth-order valence-electron chi connectivity index (χ4n) is 10.7. The van der Waals surface area contributed by atoms with Crippen LogP contribution in [0.4, 0.5) is 15.3 Å². The lowest BCUT2D eigenvalue weighted by Crippen LogP contribution is -2.60. The molecule has 0 saturated carbocycles. The van der Waals surface area contributed by atoms with Crippen LogP contribution < -0.4 is 37.6 Å². The molecule has 0 aliphatic carbocycles. The number of nitrogens with two attached hydrogens (primary N) is 1. The highest BCUT2D eigenvalue weighted by molar-refractivity contribution is 5.98. The van der Waals surface area contributed by atoms with Gasteiger partial charge in [-0.3, -0.25) is 38.5 Å². The van der Waals surface area contributed by atoms with Crippen molar-refractivity contribution in [1.82, 2.24) is 41.3 Å². The Bertz CT molecular complexity index is 2450. The van der Waals surface area contributed by atoms with Gasteiger partial charge in [-0.15, -0.1) is 0 Å². The molecule has 9 N–H and O–H groups in total. The number of methoxy groups -OCH3 is 2. The van der Waals surface area contributed by atoms with Crippen molar-refractivity contribution in [1.29, 1.82) is 0 Å². The molecule has 0 spiro atoms. The molecule has 0 radical (unpaired) electrons. The zero-order valence-electron chi connectivity index (χ0n) is 51.5. The molecule has 2 aromatic carbocycles. The Hall–Kier alpha value is -6.85. The lowest BCUT2D eigenvalue weighted by atomic mass is 9.89. The minimum atomic E-state index is -1.06. The number of amides is 10. The van der Waals surface area contributed by atoms with E-state index in [1.165, 1.54) is 33.1 Å². The van der Waals surface area contributed by atoms with Crippen LogP contribution in [-0.2, 0) is 54.4 Å². The summed E-state index contributed by atoms with van der Waals surface area (Å²) >= 11 is 0. The van der Waals surface area contributed by atoms with Crippen LogP contribution >= 0.6 is 0 Å². The highest BCUT2D eigenvalue weighted by Gasteiger charge is 2.44. The summed E-state index contributed by atoms with van der Waals surface area (Å²) in [4.78, 5) is 125. The summed E-state index contributed by atoms with van der Waals surface area (Å²) < 4.78 is 17.7. The second-order valence-electron chi connectivity index (χ2n) is 22.9. The zero-order valence-corrected chi connectivity index (χ0v) is 51.5. The Morgan fingerprint density at radius 1 is 0.747 bits per heavy atom. The largest absolute Gasteiger partial charge is 0.445 e. The van der Waals surface area contributed by atoms with Gasteiger partial charge in [-0.05, 0) is 79.5 Å². The number of benzene rings is 2. The van der Waals surface area contributed by atoms with Crippen LogP contribution in [0.2, 0.25) is 0 Å². The van der Waals surface area contributed by atoms with Gasteiger partial charge < -0.3 is 66.8 Å². The van der Waals surface area contributed by atoms with Crippen molar-refractivity contribution in [3.05, 3.63) is 65.7 Å². The van der Waals surface area contributed by atoms with Gasteiger partial charge in [-0.2, -0.15) is 0 Å². The molecular weight excluding hydrogens is 1070 g/mol. The first-order valence-electron chi connectivity index (χ1n) is 29.0. The molecule has 23 nitrogen and oxygen atoms in total. The summed E-state index contributed by atoms with van der Waals surface area (Å²) in [5, 5.41) is 27.4. The average Bonchev–Trinajstić information content (AvgIpc) is 4.01. The third kappa shape index (κ3) is 20.8.